The van der Waals surface area contributed by atoms with Gasteiger partial charge in [0.2, 0.25) is 11.8 Å². The first-order valence-corrected chi connectivity index (χ1v) is 16.2. The molecule has 0 bridgehead atoms. The summed E-state index contributed by atoms with van der Waals surface area (Å²) in [5.41, 5.74) is 1.76. The van der Waals surface area contributed by atoms with Gasteiger partial charge in [-0.15, -0.1) is 0 Å². The molecule has 0 saturated carbocycles. The van der Waals surface area contributed by atoms with E-state index < -0.39 is 39.1 Å². The van der Waals surface area contributed by atoms with Gasteiger partial charge in [0, 0.05) is 54.5 Å². The minimum atomic E-state index is -3.94. The Labute approximate surface area is 258 Å². The lowest BCUT2D eigenvalue weighted by Gasteiger charge is -2.26. The number of rotatable bonds is 9. The molecule has 0 aliphatic carbocycles. The van der Waals surface area contributed by atoms with Crippen LogP contribution < -0.4 is 15.4 Å². The van der Waals surface area contributed by atoms with Crippen molar-refractivity contribution in [2.45, 2.75) is 37.1 Å². The van der Waals surface area contributed by atoms with Crippen molar-refractivity contribution < 1.29 is 26.3 Å². The molecule has 1 aliphatic heterocycles. The van der Waals surface area contributed by atoms with Gasteiger partial charge in [-0.2, -0.15) is 0 Å². The highest BCUT2D eigenvalue weighted by Crippen LogP contribution is 2.38. The summed E-state index contributed by atoms with van der Waals surface area (Å²) in [6, 6.07) is 16.8. The standard InChI is InChI=1S/C33H30F3N5O3S/c1-20-8-9-24-25(10-11-29(36)27(24)19-45(42,43)18-21-5-2-3-7-28(21)35)31(20)44-32-26(6-4-13-38-32)30-12-14-39-33(41-30)40-23-15-22(34)16-37-17-23/h2-14,22-23,37H,15-19H2,1H3,(H,39,40,41)/t22-,23-/m1/s1. The van der Waals surface area contributed by atoms with Crippen molar-refractivity contribution >= 4 is 26.6 Å². The largest absolute Gasteiger partial charge is 0.437 e. The van der Waals surface area contributed by atoms with E-state index in [-0.39, 0.29) is 23.0 Å². The Kier molecular flexibility index (Phi) is 8.68. The maximum absolute atomic E-state index is 15.2. The first-order chi connectivity index (χ1) is 21.7. The molecule has 0 spiro atoms. The SMILES string of the molecule is Cc1ccc2c(CS(=O)(=O)Cc3ccccc3F)c(F)ccc2c1Oc1ncccc1-c1ccnc(N[C@H]2CNC[C@H](F)C2)n1. The zero-order valence-corrected chi connectivity index (χ0v) is 25.1. The maximum atomic E-state index is 15.2. The summed E-state index contributed by atoms with van der Waals surface area (Å²) in [4.78, 5) is 13.4. The number of piperidine rings is 1. The first kappa shape index (κ1) is 30.5. The molecule has 12 heteroatoms. The molecule has 1 fully saturated rings. The summed E-state index contributed by atoms with van der Waals surface area (Å²) in [7, 11) is -3.94. The highest BCUT2D eigenvalue weighted by Gasteiger charge is 2.24. The molecular weight excluding hydrogens is 603 g/mol. The molecule has 0 radical (unpaired) electrons. The molecule has 1 aliphatic rings. The molecule has 232 valence electrons. The molecule has 45 heavy (non-hydrogen) atoms. The molecular formula is C33H30F3N5O3S. The Bertz CT molecular complexity index is 1980. The molecule has 2 aromatic heterocycles. The van der Waals surface area contributed by atoms with Crippen LogP contribution in [0.25, 0.3) is 22.0 Å². The van der Waals surface area contributed by atoms with Gasteiger partial charge in [-0.25, -0.2) is 36.5 Å². The van der Waals surface area contributed by atoms with Gasteiger partial charge in [0.25, 0.3) is 0 Å². The highest BCUT2D eigenvalue weighted by atomic mass is 32.2. The number of anilines is 1. The topological polar surface area (TPSA) is 106 Å². The molecule has 8 nitrogen and oxygen atoms in total. The van der Waals surface area contributed by atoms with E-state index in [1.165, 1.54) is 30.3 Å². The molecule has 2 N–H and O–H groups in total. The van der Waals surface area contributed by atoms with E-state index in [1.54, 1.807) is 48.8 Å². The van der Waals surface area contributed by atoms with Crippen LogP contribution in [0.2, 0.25) is 0 Å². The summed E-state index contributed by atoms with van der Waals surface area (Å²) in [6.07, 6.45) is 2.54. The smallest absolute Gasteiger partial charge is 0.228 e. The fourth-order valence-electron chi connectivity index (χ4n) is 5.45. The lowest BCUT2D eigenvalue weighted by atomic mass is 10.0. The Hall–Kier alpha value is -4.55. The predicted octanol–water partition coefficient (Wildman–Crippen LogP) is 6.30. The van der Waals surface area contributed by atoms with E-state index in [0.717, 1.165) is 0 Å². The Balaban J connectivity index is 1.32. The van der Waals surface area contributed by atoms with Crippen LogP contribution in [0.3, 0.4) is 0 Å². The molecule has 5 aromatic rings. The number of benzene rings is 3. The normalized spacial score (nSPS) is 16.9. The maximum Gasteiger partial charge on any atom is 0.228 e. The van der Waals surface area contributed by atoms with Crippen LogP contribution in [-0.4, -0.2) is 48.7 Å². The molecule has 3 aromatic carbocycles. The Morgan fingerprint density at radius 2 is 1.73 bits per heavy atom. The Morgan fingerprint density at radius 3 is 2.56 bits per heavy atom. The van der Waals surface area contributed by atoms with E-state index in [1.807, 2.05) is 6.92 Å². The fraction of sp³-hybridized carbons (Fsp3) is 0.242. The van der Waals surface area contributed by atoms with Crippen LogP contribution in [0.4, 0.5) is 19.1 Å². The van der Waals surface area contributed by atoms with Gasteiger partial charge in [0.15, 0.2) is 9.84 Å². The number of fused-ring (bicyclic) bond motifs is 1. The van der Waals surface area contributed by atoms with Gasteiger partial charge >= 0.3 is 0 Å². The molecule has 3 heterocycles. The molecule has 1 saturated heterocycles. The van der Waals surface area contributed by atoms with Crippen LogP contribution >= 0.6 is 0 Å². The van der Waals surface area contributed by atoms with Crippen molar-refractivity contribution in [1.29, 1.82) is 0 Å². The lowest BCUT2D eigenvalue weighted by molar-refractivity contribution is 0.254. The van der Waals surface area contributed by atoms with Crippen LogP contribution in [0.5, 0.6) is 11.6 Å². The molecule has 0 amide bonds. The third-order valence-electron chi connectivity index (χ3n) is 7.63. The molecule has 2 atom stereocenters. The summed E-state index contributed by atoms with van der Waals surface area (Å²) in [5, 5.41) is 7.06. The zero-order valence-electron chi connectivity index (χ0n) is 24.3. The van der Waals surface area contributed by atoms with E-state index in [0.29, 0.717) is 58.8 Å². The second-order valence-electron chi connectivity index (χ2n) is 11.0. The number of sulfone groups is 1. The van der Waals surface area contributed by atoms with Gasteiger partial charge in [-0.05, 0) is 54.3 Å². The number of hydrogen-bond acceptors (Lipinski definition) is 8. The van der Waals surface area contributed by atoms with Crippen molar-refractivity contribution in [3.05, 3.63) is 107 Å². The summed E-state index contributed by atoms with van der Waals surface area (Å²) in [5.74, 6) is -1.60. The van der Waals surface area contributed by atoms with Crippen LogP contribution in [-0.2, 0) is 21.3 Å². The summed E-state index contributed by atoms with van der Waals surface area (Å²) in [6.45, 7) is 2.72. The molecule has 6 rings (SSSR count). The minimum Gasteiger partial charge on any atom is -0.437 e. The van der Waals surface area contributed by atoms with Crippen molar-refractivity contribution in [2.75, 3.05) is 18.4 Å². The Morgan fingerprint density at radius 1 is 0.911 bits per heavy atom. The average molecular weight is 634 g/mol. The van der Waals surface area contributed by atoms with E-state index in [4.69, 9.17) is 4.74 Å². The van der Waals surface area contributed by atoms with Gasteiger partial charge in [-0.1, -0.05) is 30.3 Å². The average Bonchev–Trinajstić information content (AvgIpc) is 3.01. The summed E-state index contributed by atoms with van der Waals surface area (Å²) < 4.78 is 75.9. The second-order valence-corrected chi connectivity index (χ2v) is 13.1. The number of ether oxygens (including phenoxy) is 1. The monoisotopic (exact) mass is 633 g/mol. The predicted molar refractivity (Wildman–Crippen MR) is 167 cm³/mol. The number of aromatic nitrogens is 3. The first-order valence-electron chi connectivity index (χ1n) is 14.4. The number of alkyl halides is 1. The van der Waals surface area contributed by atoms with E-state index in [9.17, 15) is 17.2 Å². The van der Waals surface area contributed by atoms with Crippen LogP contribution in [0.1, 0.15) is 23.1 Å². The van der Waals surface area contributed by atoms with Crippen molar-refractivity contribution in [2.24, 2.45) is 0 Å². The number of hydrogen-bond donors (Lipinski definition) is 2. The quantitative estimate of drug-likeness (QED) is 0.195. The zero-order chi connectivity index (χ0) is 31.6. The summed E-state index contributed by atoms with van der Waals surface area (Å²) >= 11 is 0. The minimum absolute atomic E-state index is 0.0192. The number of nitrogens with zero attached hydrogens (tertiary/aromatic N) is 3. The van der Waals surface area contributed by atoms with E-state index in [2.05, 4.69) is 25.6 Å². The van der Waals surface area contributed by atoms with Crippen molar-refractivity contribution in [1.82, 2.24) is 20.3 Å². The highest BCUT2D eigenvalue weighted by molar-refractivity contribution is 7.89. The fourth-order valence-corrected chi connectivity index (χ4v) is 7.00. The van der Waals surface area contributed by atoms with Crippen LogP contribution in [0, 0.1) is 18.6 Å². The van der Waals surface area contributed by atoms with Gasteiger partial charge in [-0.3, -0.25) is 0 Å². The van der Waals surface area contributed by atoms with Crippen molar-refractivity contribution in [3.8, 4) is 22.9 Å². The van der Waals surface area contributed by atoms with E-state index >= 15 is 4.39 Å². The van der Waals surface area contributed by atoms with Gasteiger partial charge < -0.3 is 15.4 Å². The van der Waals surface area contributed by atoms with Crippen molar-refractivity contribution in [3.63, 3.8) is 0 Å². The van der Waals surface area contributed by atoms with Gasteiger partial charge in [0.1, 0.15) is 23.6 Å². The number of aryl methyl sites for hydroxylation is 1. The third kappa shape index (κ3) is 6.91. The molecule has 0 unspecified atom stereocenters. The number of nitrogens with one attached hydrogen (secondary N) is 2. The number of halogens is 3. The van der Waals surface area contributed by atoms with Crippen LogP contribution in [0.15, 0.2) is 79.1 Å². The number of pyridine rings is 1. The third-order valence-corrected chi connectivity index (χ3v) is 9.11. The second kappa shape index (κ2) is 12.8. The lowest BCUT2D eigenvalue weighted by Crippen LogP contribution is -2.44. The van der Waals surface area contributed by atoms with Gasteiger partial charge in [0.05, 0.1) is 22.8 Å².